The molecule has 0 spiro atoms. The third kappa shape index (κ3) is 6.34. The van der Waals surface area contributed by atoms with Gasteiger partial charge in [-0.3, -0.25) is 4.90 Å². The molecule has 0 bridgehead atoms. The van der Waals surface area contributed by atoms with E-state index in [-0.39, 0.29) is 11.7 Å². The van der Waals surface area contributed by atoms with Crippen molar-refractivity contribution in [3.05, 3.63) is 0 Å². The van der Waals surface area contributed by atoms with E-state index < -0.39 is 0 Å². The molecule has 1 unspecified atom stereocenters. The average molecular weight is 280 g/mol. The molecule has 0 saturated carbocycles. The predicted octanol–water partition coefficient (Wildman–Crippen LogP) is 1.76. The van der Waals surface area contributed by atoms with Crippen LogP contribution < -0.4 is 0 Å². The summed E-state index contributed by atoms with van der Waals surface area (Å²) in [5.41, 5.74) is -0.117. The highest BCUT2D eigenvalue weighted by Gasteiger charge is 2.32. The first-order valence-corrected chi connectivity index (χ1v) is 7.13. The van der Waals surface area contributed by atoms with E-state index in [9.17, 15) is 0 Å². The quantitative estimate of drug-likeness (QED) is 0.500. The van der Waals surface area contributed by atoms with Gasteiger partial charge in [-0.1, -0.05) is 0 Å². The molecule has 0 aromatic carbocycles. The Kier molecular flexibility index (Phi) is 7.49. The van der Waals surface area contributed by atoms with E-state index in [2.05, 4.69) is 18.7 Å². The Morgan fingerprint density at radius 1 is 1.33 bits per heavy atom. The number of rotatable bonds is 8. The summed E-state index contributed by atoms with van der Waals surface area (Å²) in [5, 5.41) is 0. The van der Waals surface area contributed by atoms with Crippen LogP contribution in [0.25, 0.3) is 0 Å². The Hall–Kier alpha value is 0.130. The van der Waals surface area contributed by atoms with Gasteiger partial charge in [-0.25, -0.2) is 0 Å². The molecule has 0 aliphatic carbocycles. The summed E-state index contributed by atoms with van der Waals surface area (Å²) in [5.74, 6) is 0.550. The van der Waals surface area contributed by atoms with Crippen LogP contribution in [0, 0.1) is 0 Å². The lowest BCUT2D eigenvalue weighted by atomic mass is 10.1. The number of morpholine rings is 1. The van der Waals surface area contributed by atoms with Crippen molar-refractivity contribution in [2.45, 2.75) is 32.0 Å². The van der Waals surface area contributed by atoms with Gasteiger partial charge in [0.05, 0.1) is 18.3 Å². The van der Waals surface area contributed by atoms with Crippen molar-refractivity contribution in [2.75, 3.05) is 52.4 Å². The van der Waals surface area contributed by atoms with Crippen LogP contribution in [0.1, 0.15) is 20.3 Å². The molecule has 4 nitrogen and oxygen atoms in total. The lowest BCUT2D eigenvalue weighted by Crippen LogP contribution is -2.53. The van der Waals surface area contributed by atoms with Crippen LogP contribution in [0.15, 0.2) is 0 Å². The molecular weight excluding hydrogens is 254 g/mol. The Bertz CT molecular complexity index is 226. The fraction of sp³-hybridized carbons (Fsp3) is 1.00. The van der Waals surface area contributed by atoms with Gasteiger partial charge in [-0.05, 0) is 20.3 Å². The molecule has 0 aromatic rings. The lowest BCUT2D eigenvalue weighted by Gasteiger charge is -2.42. The van der Waals surface area contributed by atoms with Crippen LogP contribution in [0.5, 0.6) is 0 Å². The van der Waals surface area contributed by atoms with Gasteiger partial charge >= 0.3 is 0 Å². The minimum absolute atomic E-state index is 0.117. The summed E-state index contributed by atoms with van der Waals surface area (Å²) in [6, 6.07) is 0. The summed E-state index contributed by atoms with van der Waals surface area (Å²) in [6.07, 6.45) is 1.08. The fourth-order valence-electron chi connectivity index (χ4n) is 2.27. The summed E-state index contributed by atoms with van der Waals surface area (Å²) >= 11 is 5.89. The molecule has 0 radical (unpaired) electrons. The van der Waals surface area contributed by atoms with Gasteiger partial charge in [0.2, 0.25) is 0 Å². The van der Waals surface area contributed by atoms with Crippen LogP contribution in [0.3, 0.4) is 0 Å². The van der Waals surface area contributed by atoms with Gasteiger partial charge in [0, 0.05) is 45.8 Å². The normalized spacial score (nSPS) is 24.3. The summed E-state index contributed by atoms with van der Waals surface area (Å²) in [7, 11) is 1.71. The molecule has 1 atom stereocenters. The van der Waals surface area contributed by atoms with Gasteiger partial charge in [-0.2, -0.15) is 0 Å². The average Bonchev–Trinajstić information content (AvgIpc) is 2.31. The summed E-state index contributed by atoms with van der Waals surface area (Å²) in [6.45, 7) is 9.27. The Morgan fingerprint density at radius 3 is 2.78 bits per heavy atom. The minimum atomic E-state index is -0.117. The van der Waals surface area contributed by atoms with Crippen LogP contribution >= 0.6 is 11.6 Å². The van der Waals surface area contributed by atoms with E-state index in [1.165, 1.54) is 0 Å². The highest BCUT2D eigenvalue weighted by molar-refractivity contribution is 6.18. The number of halogens is 1. The zero-order chi connectivity index (χ0) is 13.4. The van der Waals surface area contributed by atoms with Crippen molar-refractivity contribution in [2.24, 2.45) is 0 Å². The number of alkyl halides is 1. The number of ether oxygens (including phenoxy) is 3. The molecule has 0 amide bonds. The lowest BCUT2D eigenvalue weighted by molar-refractivity contribution is -0.130. The van der Waals surface area contributed by atoms with Crippen molar-refractivity contribution in [1.29, 1.82) is 0 Å². The summed E-state index contributed by atoms with van der Waals surface area (Å²) in [4.78, 5) is 2.37. The van der Waals surface area contributed by atoms with Gasteiger partial charge in [-0.15, -0.1) is 11.6 Å². The van der Waals surface area contributed by atoms with Crippen molar-refractivity contribution < 1.29 is 14.2 Å². The number of hydrogen-bond acceptors (Lipinski definition) is 4. The first-order valence-electron chi connectivity index (χ1n) is 6.60. The Balaban J connectivity index is 2.16. The third-order valence-electron chi connectivity index (χ3n) is 2.91. The first kappa shape index (κ1) is 16.2. The zero-order valence-corrected chi connectivity index (χ0v) is 12.5. The van der Waals surface area contributed by atoms with Crippen LogP contribution in [0.2, 0.25) is 0 Å². The molecule has 108 valence electrons. The van der Waals surface area contributed by atoms with Gasteiger partial charge < -0.3 is 14.2 Å². The van der Waals surface area contributed by atoms with Crippen LogP contribution in [0.4, 0.5) is 0 Å². The van der Waals surface area contributed by atoms with Crippen LogP contribution in [-0.2, 0) is 14.2 Å². The number of methoxy groups -OCH3 is 1. The molecule has 1 aliphatic heterocycles. The molecule has 1 aliphatic rings. The summed E-state index contributed by atoms with van der Waals surface area (Å²) < 4.78 is 16.4. The van der Waals surface area contributed by atoms with E-state index in [1.54, 1.807) is 7.11 Å². The first-order chi connectivity index (χ1) is 8.57. The molecule has 1 heterocycles. The molecule has 1 saturated heterocycles. The van der Waals surface area contributed by atoms with Crippen molar-refractivity contribution in [3.8, 4) is 0 Å². The van der Waals surface area contributed by atoms with Crippen LogP contribution in [-0.4, -0.2) is 69.0 Å². The van der Waals surface area contributed by atoms with E-state index in [4.69, 9.17) is 25.8 Å². The second-order valence-corrected chi connectivity index (χ2v) is 5.66. The minimum Gasteiger partial charge on any atom is -0.385 e. The Morgan fingerprint density at radius 2 is 2.11 bits per heavy atom. The SMILES string of the molecule is COCCCOCCN1CC(CCl)OC(C)(C)C1. The number of hydrogen-bond donors (Lipinski definition) is 0. The second kappa shape index (κ2) is 8.33. The highest BCUT2D eigenvalue weighted by atomic mass is 35.5. The van der Waals surface area contributed by atoms with Gasteiger partial charge in [0.1, 0.15) is 0 Å². The standard InChI is InChI=1S/C13H26ClNO3/c1-13(2)11-15(10-12(9-14)18-13)5-8-17-7-4-6-16-3/h12H,4-11H2,1-3H3. The fourth-order valence-corrected chi connectivity index (χ4v) is 2.43. The molecule has 5 heteroatoms. The van der Waals surface area contributed by atoms with Gasteiger partial charge in [0.15, 0.2) is 0 Å². The van der Waals surface area contributed by atoms with Crippen molar-refractivity contribution in [3.63, 3.8) is 0 Å². The maximum Gasteiger partial charge on any atom is 0.0844 e. The van der Waals surface area contributed by atoms with Crippen molar-refractivity contribution in [1.82, 2.24) is 4.90 Å². The van der Waals surface area contributed by atoms with Gasteiger partial charge in [0.25, 0.3) is 0 Å². The largest absolute Gasteiger partial charge is 0.385 e. The smallest absolute Gasteiger partial charge is 0.0844 e. The topological polar surface area (TPSA) is 30.9 Å². The maximum absolute atomic E-state index is 5.89. The highest BCUT2D eigenvalue weighted by Crippen LogP contribution is 2.21. The van der Waals surface area contributed by atoms with E-state index in [1.807, 2.05) is 0 Å². The predicted molar refractivity (Wildman–Crippen MR) is 73.4 cm³/mol. The molecule has 1 rings (SSSR count). The monoisotopic (exact) mass is 279 g/mol. The van der Waals surface area contributed by atoms with E-state index in [0.717, 1.165) is 45.9 Å². The van der Waals surface area contributed by atoms with Crippen molar-refractivity contribution >= 4 is 11.6 Å². The van der Waals surface area contributed by atoms with E-state index >= 15 is 0 Å². The molecular formula is C13H26ClNO3. The molecule has 0 N–H and O–H groups in total. The molecule has 18 heavy (non-hydrogen) atoms. The molecule has 0 aromatic heterocycles. The zero-order valence-electron chi connectivity index (χ0n) is 11.8. The van der Waals surface area contributed by atoms with E-state index in [0.29, 0.717) is 5.88 Å². The Labute approximate surface area is 116 Å². The maximum atomic E-state index is 5.89. The number of nitrogens with zero attached hydrogens (tertiary/aromatic N) is 1. The second-order valence-electron chi connectivity index (χ2n) is 5.35. The molecule has 1 fully saturated rings. The third-order valence-corrected chi connectivity index (χ3v) is 3.26.